The van der Waals surface area contributed by atoms with E-state index in [0.717, 1.165) is 32.4 Å². The highest BCUT2D eigenvalue weighted by Gasteiger charge is 2.32. The molecule has 1 N–H and O–H groups in total. The fourth-order valence-electron chi connectivity index (χ4n) is 3.54. The van der Waals surface area contributed by atoms with Crippen LogP contribution in [0.25, 0.3) is 0 Å². The summed E-state index contributed by atoms with van der Waals surface area (Å²) in [5.74, 6) is 0.208. The van der Waals surface area contributed by atoms with Crippen LogP contribution in [-0.2, 0) is 11.2 Å². The van der Waals surface area contributed by atoms with Gasteiger partial charge in [0.1, 0.15) is 6.04 Å². The van der Waals surface area contributed by atoms with Crippen molar-refractivity contribution in [2.45, 2.75) is 51.0 Å². The number of hydrogen-bond donors (Lipinski definition) is 1. The summed E-state index contributed by atoms with van der Waals surface area (Å²) in [6.45, 7) is 1.77. The van der Waals surface area contributed by atoms with E-state index in [2.05, 4.69) is 28.4 Å². The standard InChI is InChI=1S/C19H26N2O/c22-19(20-14-13-16-8-4-3-5-9-16)18-12-11-17-10-6-1-2-7-15-21(17)18/h3-5,8-10,18H,1-2,6-7,11-15H2,(H,20,22)/b17-10-. The van der Waals surface area contributed by atoms with E-state index in [9.17, 15) is 4.79 Å². The number of carbonyl (C=O) groups is 1. The molecule has 22 heavy (non-hydrogen) atoms. The molecule has 118 valence electrons. The van der Waals surface area contributed by atoms with Gasteiger partial charge in [-0.1, -0.05) is 42.8 Å². The first-order chi connectivity index (χ1) is 10.8. The van der Waals surface area contributed by atoms with E-state index in [0.29, 0.717) is 0 Å². The van der Waals surface area contributed by atoms with Crippen molar-refractivity contribution in [2.75, 3.05) is 13.1 Å². The number of nitrogens with zero attached hydrogens (tertiary/aromatic N) is 1. The van der Waals surface area contributed by atoms with Crippen molar-refractivity contribution in [3.05, 3.63) is 47.7 Å². The molecule has 1 fully saturated rings. The second-order valence-electron chi connectivity index (χ2n) is 6.32. The largest absolute Gasteiger partial charge is 0.363 e. The lowest BCUT2D eigenvalue weighted by Gasteiger charge is -2.28. The maximum absolute atomic E-state index is 12.5. The van der Waals surface area contributed by atoms with Gasteiger partial charge in [0.15, 0.2) is 0 Å². The Bertz CT molecular complexity index is 523. The number of allylic oxidation sites excluding steroid dienone is 2. The lowest BCUT2D eigenvalue weighted by molar-refractivity contribution is -0.125. The van der Waals surface area contributed by atoms with Crippen LogP contribution in [-0.4, -0.2) is 29.9 Å². The molecule has 0 aromatic heterocycles. The highest BCUT2D eigenvalue weighted by molar-refractivity contribution is 5.82. The van der Waals surface area contributed by atoms with Gasteiger partial charge in [-0.25, -0.2) is 0 Å². The van der Waals surface area contributed by atoms with Crippen LogP contribution in [0.3, 0.4) is 0 Å². The number of carbonyl (C=O) groups excluding carboxylic acids is 1. The van der Waals surface area contributed by atoms with Gasteiger partial charge in [-0.15, -0.1) is 0 Å². The lowest BCUT2D eigenvalue weighted by atomic mass is 10.1. The number of amides is 1. The minimum atomic E-state index is 0.0557. The van der Waals surface area contributed by atoms with E-state index in [4.69, 9.17) is 0 Å². The SMILES string of the molecule is O=C(NCCc1ccccc1)C1CC/C2=C/CCCCCN21. The predicted octanol–water partition coefficient (Wildman–Crippen LogP) is 3.27. The molecule has 2 heterocycles. The summed E-state index contributed by atoms with van der Waals surface area (Å²) in [5, 5.41) is 3.13. The van der Waals surface area contributed by atoms with Crippen LogP contribution in [0, 0.1) is 0 Å². The maximum Gasteiger partial charge on any atom is 0.242 e. The molecule has 0 bridgehead atoms. The van der Waals surface area contributed by atoms with E-state index >= 15 is 0 Å². The summed E-state index contributed by atoms with van der Waals surface area (Å²) in [4.78, 5) is 14.9. The summed E-state index contributed by atoms with van der Waals surface area (Å²) in [5.41, 5.74) is 2.68. The van der Waals surface area contributed by atoms with Gasteiger partial charge >= 0.3 is 0 Å². The zero-order chi connectivity index (χ0) is 15.2. The molecule has 1 unspecified atom stereocenters. The molecule has 1 aromatic rings. The average Bonchev–Trinajstić information content (AvgIpc) is 2.90. The Morgan fingerprint density at radius 3 is 2.91 bits per heavy atom. The molecule has 0 saturated carbocycles. The first kappa shape index (κ1) is 15.1. The topological polar surface area (TPSA) is 32.3 Å². The quantitative estimate of drug-likeness (QED) is 0.925. The second kappa shape index (κ2) is 7.48. The van der Waals surface area contributed by atoms with Gasteiger partial charge in [0.05, 0.1) is 0 Å². The Balaban J connectivity index is 1.52. The normalized spacial score (nSPS) is 23.9. The molecule has 1 amide bonds. The van der Waals surface area contributed by atoms with Gasteiger partial charge in [0, 0.05) is 18.8 Å². The Morgan fingerprint density at radius 1 is 1.18 bits per heavy atom. The molecule has 3 heteroatoms. The van der Waals surface area contributed by atoms with Gasteiger partial charge in [0.25, 0.3) is 0 Å². The third-order valence-electron chi connectivity index (χ3n) is 4.76. The third-order valence-corrected chi connectivity index (χ3v) is 4.76. The molecule has 1 aromatic carbocycles. The van der Waals surface area contributed by atoms with Crippen molar-refractivity contribution < 1.29 is 4.79 Å². The van der Waals surface area contributed by atoms with Crippen LogP contribution < -0.4 is 5.32 Å². The Morgan fingerprint density at radius 2 is 2.05 bits per heavy atom. The van der Waals surface area contributed by atoms with Crippen LogP contribution in [0.5, 0.6) is 0 Å². The van der Waals surface area contributed by atoms with Crippen molar-refractivity contribution in [1.29, 1.82) is 0 Å². The van der Waals surface area contributed by atoms with Crippen LogP contribution in [0.2, 0.25) is 0 Å². The predicted molar refractivity (Wildman–Crippen MR) is 89.4 cm³/mol. The van der Waals surface area contributed by atoms with Gasteiger partial charge in [-0.05, 0) is 44.1 Å². The van der Waals surface area contributed by atoms with Crippen molar-refractivity contribution in [1.82, 2.24) is 10.2 Å². The molecule has 3 rings (SSSR count). The monoisotopic (exact) mass is 298 g/mol. The van der Waals surface area contributed by atoms with E-state index in [1.54, 1.807) is 0 Å². The highest BCUT2D eigenvalue weighted by Crippen LogP contribution is 2.30. The average molecular weight is 298 g/mol. The molecule has 0 radical (unpaired) electrons. The van der Waals surface area contributed by atoms with Crippen LogP contribution >= 0.6 is 0 Å². The van der Waals surface area contributed by atoms with E-state index in [1.165, 1.54) is 36.9 Å². The summed E-state index contributed by atoms with van der Waals surface area (Å²) in [6.07, 6.45) is 10.3. The summed E-state index contributed by atoms with van der Waals surface area (Å²) >= 11 is 0. The fourth-order valence-corrected chi connectivity index (χ4v) is 3.54. The molecule has 2 aliphatic heterocycles. The summed E-state index contributed by atoms with van der Waals surface area (Å²) in [7, 11) is 0. The van der Waals surface area contributed by atoms with E-state index < -0.39 is 0 Å². The van der Waals surface area contributed by atoms with Crippen LogP contribution in [0.4, 0.5) is 0 Å². The molecule has 2 aliphatic rings. The zero-order valence-electron chi connectivity index (χ0n) is 13.3. The van der Waals surface area contributed by atoms with Gasteiger partial charge in [0.2, 0.25) is 5.91 Å². The van der Waals surface area contributed by atoms with E-state index in [-0.39, 0.29) is 11.9 Å². The molecular weight excluding hydrogens is 272 g/mol. The Kier molecular flexibility index (Phi) is 5.15. The minimum absolute atomic E-state index is 0.0557. The van der Waals surface area contributed by atoms with Gasteiger partial charge < -0.3 is 10.2 Å². The number of nitrogens with one attached hydrogen (secondary N) is 1. The first-order valence-corrected chi connectivity index (χ1v) is 8.62. The van der Waals surface area contributed by atoms with Crippen LogP contribution in [0.1, 0.15) is 44.1 Å². The maximum atomic E-state index is 12.5. The number of hydrogen-bond acceptors (Lipinski definition) is 2. The minimum Gasteiger partial charge on any atom is -0.363 e. The Labute approximate surface area is 133 Å². The molecule has 1 atom stereocenters. The molecular formula is C19H26N2O. The number of rotatable bonds is 4. The fraction of sp³-hybridized carbons (Fsp3) is 0.526. The first-order valence-electron chi connectivity index (χ1n) is 8.62. The van der Waals surface area contributed by atoms with Crippen molar-refractivity contribution in [2.24, 2.45) is 0 Å². The second-order valence-corrected chi connectivity index (χ2v) is 6.32. The van der Waals surface area contributed by atoms with Crippen molar-refractivity contribution in [3.63, 3.8) is 0 Å². The number of fused-ring (bicyclic) bond motifs is 1. The third kappa shape index (κ3) is 3.70. The van der Waals surface area contributed by atoms with Crippen molar-refractivity contribution >= 4 is 5.91 Å². The summed E-state index contributed by atoms with van der Waals surface area (Å²) in [6, 6.07) is 10.4. The van der Waals surface area contributed by atoms with Crippen molar-refractivity contribution in [3.8, 4) is 0 Å². The molecule has 0 aliphatic carbocycles. The van der Waals surface area contributed by atoms with Gasteiger partial charge in [-0.3, -0.25) is 4.79 Å². The molecule has 3 nitrogen and oxygen atoms in total. The highest BCUT2D eigenvalue weighted by atomic mass is 16.2. The zero-order valence-corrected chi connectivity index (χ0v) is 13.3. The number of benzene rings is 1. The summed E-state index contributed by atoms with van der Waals surface area (Å²) < 4.78 is 0. The van der Waals surface area contributed by atoms with Gasteiger partial charge in [-0.2, -0.15) is 0 Å². The van der Waals surface area contributed by atoms with Crippen LogP contribution in [0.15, 0.2) is 42.1 Å². The lowest BCUT2D eigenvalue weighted by Crippen LogP contribution is -2.43. The van der Waals surface area contributed by atoms with E-state index in [1.807, 2.05) is 18.2 Å². The smallest absolute Gasteiger partial charge is 0.242 e. The molecule has 0 spiro atoms. The Hall–Kier alpha value is -1.77. The molecule has 1 saturated heterocycles.